The number of amides is 1. The summed E-state index contributed by atoms with van der Waals surface area (Å²) < 4.78 is 10.4. The Bertz CT molecular complexity index is 721. The van der Waals surface area contributed by atoms with Crippen molar-refractivity contribution in [2.45, 2.75) is 52.1 Å². The maximum atomic E-state index is 12.1. The first kappa shape index (κ1) is 26.0. The van der Waals surface area contributed by atoms with Gasteiger partial charge >= 0.3 is 19.1 Å². The highest BCUT2D eigenvalue weighted by atomic mass is 32.1. The number of nitrogens with one attached hydrogen (secondary N) is 1. The van der Waals surface area contributed by atoms with Gasteiger partial charge in [0.1, 0.15) is 5.60 Å². The second-order valence-corrected chi connectivity index (χ2v) is 8.21. The van der Waals surface area contributed by atoms with Gasteiger partial charge in [-0.1, -0.05) is 12.1 Å². The van der Waals surface area contributed by atoms with Crippen LogP contribution in [0.3, 0.4) is 0 Å². The highest BCUT2D eigenvalue weighted by molar-refractivity contribution is 7.80. The van der Waals surface area contributed by atoms with E-state index in [-0.39, 0.29) is 36.6 Å². The Balaban J connectivity index is 2.30. The molecule has 0 saturated carbocycles. The van der Waals surface area contributed by atoms with Crippen molar-refractivity contribution in [2.75, 3.05) is 17.7 Å². The van der Waals surface area contributed by atoms with Crippen LogP contribution in [0, 0.1) is 5.92 Å². The quantitative estimate of drug-likeness (QED) is 0.177. The molecule has 166 valence electrons. The maximum Gasteiger partial charge on any atom is 0.488 e. The summed E-state index contributed by atoms with van der Waals surface area (Å²) in [5, 5.41) is 21.0. The SMILES string of the molecule is CC(C)(C)OC(=O)CC(CS)C(=O)OCCCCC(=O)Nc1cccc(B(O)O)c1. The van der Waals surface area contributed by atoms with E-state index < -0.39 is 30.6 Å². The van der Waals surface area contributed by atoms with Crippen LogP contribution in [-0.2, 0) is 23.9 Å². The number of hydrogen-bond donors (Lipinski definition) is 4. The summed E-state index contributed by atoms with van der Waals surface area (Å²) in [7, 11) is -1.60. The van der Waals surface area contributed by atoms with Crippen molar-refractivity contribution in [2.24, 2.45) is 5.92 Å². The number of unbranched alkanes of at least 4 members (excludes halogenated alkanes) is 1. The molecule has 0 bridgehead atoms. The Morgan fingerprint density at radius 1 is 1.20 bits per heavy atom. The van der Waals surface area contributed by atoms with E-state index in [2.05, 4.69) is 17.9 Å². The van der Waals surface area contributed by atoms with Crippen molar-refractivity contribution in [3.8, 4) is 0 Å². The lowest BCUT2D eigenvalue weighted by molar-refractivity contribution is -0.161. The minimum absolute atomic E-state index is 0.0936. The number of thiol groups is 1. The first-order chi connectivity index (χ1) is 14.0. The zero-order valence-electron chi connectivity index (χ0n) is 17.6. The minimum atomic E-state index is -1.60. The summed E-state index contributed by atoms with van der Waals surface area (Å²) in [5.41, 5.74) is 0.127. The smallest absolute Gasteiger partial charge is 0.465 e. The first-order valence-corrected chi connectivity index (χ1v) is 10.4. The third-order valence-electron chi connectivity index (χ3n) is 3.90. The third-order valence-corrected chi connectivity index (χ3v) is 4.34. The Morgan fingerprint density at radius 3 is 2.50 bits per heavy atom. The molecule has 0 aliphatic carbocycles. The molecule has 1 rings (SSSR count). The molecule has 10 heteroatoms. The van der Waals surface area contributed by atoms with Crippen molar-refractivity contribution in [1.82, 2.24) is 0 Å². The van der Waals surface area contributed by atoms with Crippen LogP contribution in [0.1, 0.15) is 46.5 Å². The van der Waals surface area contributed by atoms with Gasteiger partial charge in [-0.2, -0.15) is 12.6 Å². The van der Waals surface area contributed by atoms with Crippen molar-refractivity contribution in [1.29, 1.82) is 0 Å². The van der Waals surface area contributed by atoms with Gasteiger partial charge in [0.05, 0.1) is 18.9 Å². The summed E-state index contributed by atoms with van der Waals surface area (Å²) in [5.74, 6) is -1.74. The van der Waals surface area contributed by atoms with Crippen LogP contribution in [-0.4, -0.2) is 53.0 Å². The lowest BCUT2D eigenvalue weighted by atomic mass is 9.80. The normalized spacial score (nSPS) is 12.1. The number of carbonyl (C=O) groups excluding carboxylic acids is 3. The fourth-order valence-electron chi connectivity index (χ4n) is 2.49. The Labute approximate surface area is 182 Å². The molecule has 0 fully saturated rings. The number of carbonyl (C=O) groups is 3. The standard InChI is InChI=1S/C20H30BNO7S/c1-20(2,3)29-18(24)11-14(13-30)19(25)28-10-5-4-9-17(23)22-16-8-6-7-15(12-16)21(26)27/h6-8,12,14,26-27,30H,4-5,9-11,13H2,1-3H3,(H,22,23). The van der Waals surface area contributed by atoms with Crippen molar-refractivity contribution < 1.29 is 33.9 Å². The number of benzene rings is 1. The summed E-state index contributed by atoms with van der Waals surface area (Å²) in [4.78, 5) is 35.9. The number of hydrogen-bond acceptors (Lipinski definition) is 8. The molecule has 0 aromatic heterocycles. The molecular formula is C20H30BNO7S. The average molecular weight is 439 g/mol. The number of ether oxygens (including phenoxy) is 2. The van der Waals surface area contributed by atoms with E-state index in [4.69, 9.17) is 19.5 Å². The monoisotopic (exact) mass is 439 g/mol. The molecule has 3 N–H and O–H groups in total. The molecule has 1 unspecified atom stereocenters. The molecule has 0 saturated heterocycles. The Hall–Kier alpha value is -2.04. The lowest BCUT2D eigenvalue weighted by Crippen LogP contribution is -2.30. The van der Waals surface area contributed by atoms with Crippen LogP contribution >= 0.6 is 12.6 Å². The number of anilines is 1. The summed E-state index contributed by atoms with van der Waals surface area (Å²) in [6, 6.07) is 6.27. The van der Waals surface area contributed by atoms with Crippen LogP contribution in [0.15, 0.2) is 24.3 Å². The maximum absolute atomic E-state index is 12.1. The van der Waals surface area contributed by atoms with Gasteiger partial charge in [0.25, 0.3) is 0 Å². The van der Waals surface area contributed by atoms with Crippen molar-refractivity contribution in [3.63, 3.8) is 0 Å². The molecule has 1 aromatic rings. The van der Waals surface area contributed by atoms with Gasteiger partial charge < -0.3 is 24.8 Å². The highest BCUT2D eigenvalue weighted by Crippen LogP contribution is 2.15. The van der Waals surface area contributed by atoms with E-state index in [1.807, 2.05) is 0 Å². The molecule has 1 atom stereocenters. The zero-order chi connectivity index (χ0) is 22.7. The number of rotatable bonds is 11. The molecule has 0 aliphatic rings. The van der Waals surface area contributed by atoms with Gasteiger partial charge in [0.2, 0.25) is 5.91 Å². The molecule has 30 heavy (non-hydrogen) atoms. The predicted molar refractivity (Wildman–Crippen MR) is 118 cm³/mol. The Kier molecular flexibility index (Phi) is 10.9. The molecule has 0 aliphatic heterocycles. The highest BCUT2D eigenvalue weighted by Gasteiger charge is 2.25. The lowest BCUT2D eigenvalue weighted by Gasteiger charge is -2.21. The molecule has 1 aromatic carbocycles. The average Bonchev–Trinajstić information content (AvgIpc) is 2.64. The summed E-state index contributed by atoms with van der Waals surface area (Å²) in [6.07, 6.45) is 1.11. The molecule has 0 radical (unpaired) electrons. The minimum Gasteiger partial charge on any atom is -0.465 e. The van der Waals surface area contributed by atoms with Crippen LogP contribution in [0.5, 0.6) is 0 Å². The van der Waals surface area contributed by atoms with Crippen LogP contribution in [0.25, 0.3) is 0 Å². The fourth-order valence-corrected chi connectivity index (χ4v) is 2.76. The third kappa shape index (κ3) is 10.7. The second-order valence-electron chi connectivity index (χ2n) is 7.84. The summed E-state index contributed by atoms with van der Waals surface area (Å²) in [6.45, 7) is 5.39. The fraction of sp³-hybridized carbons (Fsp3) is 0.550. The van der Waals surface area contributed by atoms with Crippen molar-refractivity contribution in [3.05, 3.63) is 24.3 Å². The van der Waals surface area contributed by atoms with Gasteiger partial charge in [-0.3, -0.25) is 14.4 Å². The van der Waals surface area contributed by atoms with E-state index >= 15 is 0 Å². The van der Waals surface area contributed by atoms with E-state index in [0.29, 0.717) is 18.5 Å². The van der Waals surface area contributed by atoms with Gasteiger partial charge in [-0.25, -0.2) is 0 Å². The zero-order valence-corrected chi connectivity index (χ0v) is 18.5. The van der Waals surface area contributed by atoms with E-state index in [1.165, 1.54) is 12.1 Å². The van der Waals surface area contributed by atoms with E-state index in [9.17, 15) is 14.4 Å². The Morgan fingerprint density at radius 2 is 1.90 bits per heavy atom. The van der Waals surface area contributed by atoms with Crippen molar-refractivity contribution >= 4 is 48.7 Å². The van der Waals surface area contributed by atoms with Gasteiger partial charge in [0, 0.05) is 17.9 Å². The van der Waals surface area contributed by atoms with Crippen LogP contribution in [0.2, 0.25) is 0 Å². The largest absolute Gasteiger partial charge is 0.488 e. The summed E-state index contributed by atoms with van der Waals surface area (Å²) >= 11 is 4.11. The van der Waals surface area contributed by atoms with E-state index in [0.717, 1.165) is 0 Å². The first-order valence-electron chi connectivity index (χ1n) is 9.77. The second kappa shape index (κ2) is 12.6. The van der Waals surface area contributed by atoms with Gasteiger partial charge in [0.15, 0.2) is 0 Å². The molecule has 8 nitrogen and oxygen atoms in total. The van der Waals surface area contributed by atoms with Crippen LogP contribution < -0.4 is 10.8 Å². The predicted octanol–water partition coefficient (Wildman–Crippen LogP) is 1.30. The topological polar surface area (TPSA) is 122 Å². The van der Waals surface area contributed by atoms with Crippen LogP contribution in [0.4, 0.5) is 5.69 Å². The molecule has 0 spiro atoms. The van der Waals surface area contributed by atoms with E-state index in [1.54, 1.807) is 32.9 Å². The van der Waals surface area contributed by atoms with Gasteiger partial charge in [-0.15, -0.1) is 0 Å². The molecular weight excluding hydrogens is 409 g/mol. The molecule has 1 amide bonds. The molecule has 0 heterocycles. The number of esters is 2. The van der Waals surface area contributed by atoms with Gasteiger partial charge in [-0.05, 0) is 51.2 Å².